The summed E-state index contributed by atoms with van der Waals surface area (Å²) in [4.78, 5) is 35.5. The Bertz CT molecular complexity index is 1020. The molecule has 1 aliphatic heterocycles. The molecule has 2 amide bonds. The smallest absolute Gasteiger partial charge is 0.247 e. The van der Waals surface area contributed by atoms with Crippen LogP contribution in [0.2, 0.25) is 0 Å². The van der Waals surface area contributed by atoms with Gasteiger partial charge in [-0.1, -0.05) is 41.6 Å². The number of aromatic nitrogens is 2. The largest absolute Gasteiger partial charge is 0.274 e. The standard InChI is InChI=1S/C20H17N3O2S/c1-12-8-9-16-15(10-12)13(2)21-20(22-16)26-17-11-18(24)23(19(17)25)14-6-4-3-5-7-14/h3-10,17H,11H2,1-2H3/t17-/m0/s1. The first-order chi connectivity index (χ1) is 12.5. The van der Waals surface area contributed by atoms with Gasteiger partial charge in [-0.25, -0.2) is 14.9 Å². The Balaban J connectivity index is 1.62. The van der Waals surface area contributed by atoms with Crippen LogP contribution in [0.1, 0.15) is 17.7 Å². The van der Waals surface area contributed by atoms with Gasteiger partial charge in [0.05, 0.1) is 11.2 Å². The van der Waals surface area contributed by atoms with Crippen molar-refractivity contribution in [2.75, 3.05) is 4.90 Å². The number of para-hydroxylation sites is 1. The average Bonchev–Trinajstić information content (AvgIpc) is 2.90. The van der Waals surface area contributed by atoms with Crippen LogP contribution in [-0.4, -0.2) is 27.0 Å². The van der Waals surface area contributed by atoms with Gasteiger partial charge in [-0.15, -0.1) is 0 Å². The molecule has 0 N–H and O–H groups in total. The van der Waals surface area contributed by atoms with E-state index >= 15 is 0 Å². The summed E-state index contributed by atoms with van der Waals surface area (Å²) in [5.74, 6) is -0.400. The number of amides is 2. The van der Waals surface area contributed by atoms with Gasteiger partial charge < -0.3 is 0 Å². The zero-order valence-corrected chi connectivity index (χ0v) is 15.3. The minimum atomic E-state index is -0.495. The predicted octanol–water partition coefficient (Wildman–Crippen LogP) is 3.67. The Morgan fingerprint density at radius 2 is 1.81 bits per heavy atom. The fraction of sp³-hybridized carbons (Fsp3) is 0.200. The first-order valence-corrected chi connectivity index (χ1v) is 9.24. The van der Waals surface area contributed by atoms with Crippen LogP contribution < -0.4 is 4.90 Å². The van der Waals surface area contributed by atoms with E-state index in [9.17, 15) is 9.59 Å². The van der Waals surface area contributed by atoms with Gasteiger partial charge >= 0.3 is 0 Å². The molecule has 3 aromatic rings. The molecule has 0 spiro atoms. The molecule has 26 heavy (non-hydrogen) atoms. The predicted molar refractivity (Wildman–Crippen MR) is 102 cm³/mol. The summed E-state index contributed by atoms with van der Waals surface area (Å²) in [5, 5.41) is 1.04. The Morgan fingerprint density at radius 1 is 1.04 bits per heavy atom. The van der Waals surface area contributed by atoms with Crippen LogP contribution in [0.25, 0.3) is 10.9 Å². The van der Waals surface area contributed by atoms with E-state index in [4.69, 9.17) is 0 Å². The second-order valence-electron chi connectivity index (χ2n) is 6.33. The van der Waals surface area contributed by atoms with Gasteiger partial charge in [-0.3, -0.25) is 9.59 Å². The van der Waals surface area contributed by atoms with Crippen molar-refractivity contribution in [2.24, 2.45) is 0 Å². The molecule has 130 valence electrons. The minimum Gasteiger partial charge on any atom is -0.274 e. The number of benzene rings is 2. The van der Waals surface area contributed by atoms with Crippen LogP contribution in [0.15, 0.2) is 53.7 Å². The molecule has 0 radical (unpaired) electrons. The Morgan fingerprint density at radius 3 is 2.58 bits per heavy atom. The molecule has 1 fully saturated rings. The Hall–Kier alpha value is -2.73. The molecule has 2 aromatic carbocycles. The highest BCUT2D eigenvalue weighted by molar-refractivity contribution is 8.00. The molecule has 0 saturated carbocycles. The molecule has 1 atom stereocenters. The lowest BCUT2D eigenvalue weighted by atomic mass is 10.1. The van der Waals surface area contributed by atoms with Gasteiger partial charge in [0.1, 0.15) is 5.25 Å². The molecule has 1 aromatic heterocycles. The summed E-state index contributed by atoms with van der Waals surface area (Å²) in [7, 11) is 0. The van der Waals surface area contributed by atoms with Crippen LogP contribution in [0, 0.1) is 13.8 Å². The third-order valence-corrected chi connectivity index (χ3v) is 5.43. The number of anilines is 1. The van der Waals surface area contributed by atoms with Gasteiger partial charge in [0.15, 0.2) is 5.16 Å². The summed E-state index contributed by atoms with van der Waals surface area (Å²) in [6, 6.07) is 15.0. The number of imide groups is 1. The molecule has 4 rings (SSSR count). The fourth-order valence-corrected chi connectivity index (χ4v) is 4.12. The third-order valence-electron chi connectivity index (χ3n) is 4.39. The Labute approximate surface area is 155 Å². The molecule has 2 heterocycles. The van der Waals surface area contributed by atoms with E-state index in [1.165, 1.54) is 16.7 Å². The van der Waals surface area contributed by atoms with Crippen molar-refractivity contribution in [1.82, 2.24) is 9.97 Å². The van der Waals surface area contributed by atoms with Crippen molar-refractivity contribution >= 4 is 40.2 Å². The maximum atomic E-state index is 12.7. The second kappa shape index (κ2) is 6.53. The lowest BCUT2D eigenvalue weighted by molar-refractivity contribution is -0.121. The topological polar surface area (TPSA) is 63.2 Å². The monoisotopic (exact) mass is 363 g/mol. The molecule has 0 unspecified atom stereocenters. The van der Waals surface area contributed by atoms with Crippen molar-refractivity contribution in [3.8, 4) is 0 Å². The molecule has 5 nitrogen and oxygen atoms in total. The SMILES string of the molecule is Cc1ccc2nc(S[C@H]3CC(=O)N(c4ccccc4)C3=O)nc(C)c2c1. The number of nitrogens with zero attached hydrogens (tertiary/aromatic N) is 3. The van der Waals surface area contributed by atoms with Crippen LogP contribution in [0.4, 0.5) is 5.69 Å². The van der Waals surface area contributed by atoms with Gasteiger partial charge in [0.2, 0.25) is 11.8 Å². The number of aryl methyl sites for hydroxylation is 2. The number of carbonyl (C=O) groups is 2. The van der Waals surface area contributed by atoms with E-state index in [1.807, 2.05) is 44.2 Å². The summed E-state index contributed by atoms with van der Waals surface area (Å²) >= 11 is 1.26. The van der Waals surface area contributed by atoms with Gasteiger partial charge in [0, 0.05) is 17.5 Å². The average molecular weight is 363 g/mol. The minimum absolute atomic E-state index is 0.159. The van der Waals surface area contributed by atoms with E-state index in [1.54, 1.807) is 12.1 Å². The van der Waals surface area contributed by atoms with Gasteiger partial charge in [0.25, 0.3) is 0 Å². The zero-order chi connectivity index (χ0) is 18.3. The van der Waals surface area contributed by atoms with E-state index in [2.05, 4.69) is 16.0 Å². The van der Waals surface area contributed by atoms with Crippen LogP contribution >= 0.6 is 11.8 Å². The molecular weight excluding hydrogens is 346 g/mol. The van der Waals surface area contributed by atoms with Gasteiger partial charge in [-0.05, 0) is 38.1 Å². The number of carbonyl (C=O) groups excluding carboxylic acids is 2. The third kappa shape index (κ3) is 2.97. The highest BCUT2D eigenvalue weighted by atomic mass is 32.2. The highest BCUT2D eigenvalue weighted by Gasteiger charge is 2.40. The molecule has 6 heteroatoms. The maximum absolute atomic E-state index is 12.7. The number of fused-ring (bicyclic) bond motifs is 1. The normalized spacial score (nSPS) is 17.3. The van der Waals surface area contributed by atoms with E-state index < -0.39 is 5.25 Å². The van der Waals surface area contributed by atoms with Crippen LogP contribution in [0.5, 0.6) is 0 Å². The molecular formula is C20H17N3O2S. The molecule has 0 aliphatic carbocycles. The van der Waals surface area contributed by atoms with Gasteiger partial charge in [-0.2, -0.15) is 0 Å². The quantitative estimate of drug-likeness (QED) is 0.525. The number of hydrogen-bond acceptors (Lipinski definition) is 5. The van der Waals surface area contributed by atoms with Crippen molar-refractivity contribution in [1.29, 1.82) is 0 Å². The second-order valence-corrected chi connectivity index (χ2v) is 7.50. The molecule has 1 aliphatic rings. The molecule has 1 saturated heterocycles. The Kier molecular flexibility index (Phi) is 4.20. The zero-order valence-electron chi connectivity index (χ0n) is 14.5. The number of hydrogen-bond donors (Lipinski definition) is 0. The lowest BCUT2D eigenvalue weighted by Crippen LogP contribution is -2.31. The molecule has 0 bridgehead atoms. The fourth-order valence-electron chi connectivity index (χ4n) is 3.09. The number of thioether (sulfide) groups is 1. The highest BCUT2D eigenvalue weighted by Crippen LogP contribution is 2.33. The van der Waals surface area contributed by atoms with Crippen molar-refractivity contribution in [3.63, 3.8) is 0 Å². The van der Waals surface area contributed by atoms with Crippen molar-refractivity contribution < 1.29 is 9.59 Å². The first-order valence-electron chi connectivity index (χ1n) is 8.36. The summed E-state index contributed by atoms with van der Waals surface area (Å²) in [6.45, 7) is 3.97. The summed E-state index contributed by atoms with van der Waals surface area (Å²) in [6.07, 6.45) is 0.159. The first kappa shape index (κ1) is 16.7. The number of rotatable bonds is 3. The van der Waals surface area contributed by atoms with Crippen molar-refractivity contribution in [2.45, 2.75) is 30.7 Å². The lowest BCUT2D eigenvalue weighted by Gasteiger charge is -2.14. The maximum Gasteiger partial charge on any atom is 0.247 e. The summed E-state index contributed by atoms with van der Waals surface area (Å²) in [5.41, 5.74) is 3.48. The van der Waals surface area contributed by atoms with E-state index in [-0.39, 0.29) is 18.2 Å². The van der Waals surface area contributed by atoms with E-state index in [0.29, 0.717) is 10.8 Å². The van der Waals surface area contributed by atoms with Crippen molar-refractivity contribution in [3.05, 3.63) is 59.8 Å². The van der Waals surface area contributed by atoms with Crippen LogP contribution in [0.3, 0.4) is 0 Å². The summed E-state index contributed by atoms with van der Waals surface area (Å²) < 4.78 is 0. The van der Waals surface area contributed by atoms with E-state index in [0.717, 1.165) is 22.2 Å². The van der Waals surface area contributed by atoms with Crippen LogP contribution in [-0.2, 0) is 9.59 Å².